The van der Waals surface area contributed by atoms with Crippen molar-refractivity contribution in [3.63, 3.8) is 0 Å². The van der Waals surface area contributed by atoms with Gasteiger partial charge in [0.05, 0.1) is 5.56 Å². The predicted octanol–water partition coefficient (Wildman–Crippen LogP) is 2.73. The van der Waals surface area contributed by atoms with Crippen LogP contribution in [-0.4, -0.2) is 29.8 Å². The molecule has 124 valence electrons. The number of esters is 1. The van der Waals surface area contributed by atoms with Crippen molar-refractivity contribution in [2.75, 3.05) is 6.61 Å². The maximum atomic E-state index is 12.5. The molecule has 0 aliphatic carbocycles. The zero-order valence-electron chi connectivity index (χ0n) is 13.3. The second-order valence-corrected chi connectivity index (χ2v) is 5.14. The molecule has 0 spiro atoms. The Morgan fingerprint density at radius 3 is 2.38 bits per heavy atom. The first-order valence-corrected chi connectivity index (χ1v) is 7.35. The summed E-state index contributed by atoms with van der Waals surface area (Å²) < 4.78 is 10.2. The van der Waals surface area contributed by atoms with Gasteiger partial charge in [0.2, 0.25) is 6.29 Å². The molecule has 1 unspecified atom stereocenters. The Morgan fingerprint density at radius 2 is 1.71 bits per heavy atom. The summed E-state index contributed by atoms with van der Waals surface area (Å²) in [5.74, 6) is -0.601. The largest absolute Gasteiger partial charge is 0.486 e. The van der Waals surface area contributed by atoms with Crippen LogP contribution in [0.1, 0.15) is 22.8 Å². The number of ether oxygens (including phenoxy) is 2. The van der Waals surface area contributed by atoms with E-state index in [1.54, 1.807) is 48.5 Å². The molecule has 0 fully saturated rings. The van der Waals surface area contributed by atoms with Gasteiger partial charge in [0.25, 0.3) is 0 Å². The molecule has 2 aromatic rings. The summed E-state index contributed by atoms with van der Waals surface area (Å²) in [6.07, 6.45) is -1.45. The lowest BCUT2D eigenvalue weighted by Crippen LogP contribution is -2.25. The number of carbonyl (C=O) groups is 2. The standard InChI is InChI=1S/C19H18O5/c1-13(2)19(22)24-17(20)12-23-16-11-7-6-10-15(16)18(21)14-8-4-3-5-9-14/h3-11,17,20H,1,12H2,2H3. The van der Waals surface area contributed by atoms with E-state index in [1.165, 1.54) is 6.92 Å². The smallest absolute Gasteiger partial charge is 0.335 e. The number of aliphatic hydroxyl groups is 1. The average Bonchev–Trinajstić information content (AvgIpc) is 2.60. The van der Waals surface area contributed by atoms with E-state index in [0.717, 1.165) is 0 Å². The van der Waals surface area contributed by atoms with Crippen LogP contribution in [0, 0.1) is 0 Å². The average molecular weight is 326 g/mol. The Hall–Kier alpha value is -2.92. The van der Waals surface area contributed by atoms with Crippen molar-refractivity contribution in [2.24, 2.45) is 0 Å². The normalized spacial score (nSPS) is 11.4. The van der Waals surface area contributed by atoms with Gasteiger partial charge >= 0.3 is 5.97 Å². The summed E-state index contributed by atoms with van der Waals surface area (Å²) >= 11 is 0. The fourth-order valence-corrected chi connectivity index (χ4v) is 1.94. The second-order valence-electron chi connectivity index (χ2n) is 5.14. The van der Waals surface area contributed by atoms with Crippen molar-refractivity contribution in [3.8, 4) is 5.75 Å². The van der Waals surface area contributed by atoms with E-state index < -0.39 is 12.3 Å². The first kappa shape index (κ1) is 17.4. The number of para-hydroxylation sites is 1. The highest BCUT2D eigenvalue weighted by Crippen LogP contribution is 2.21. The monoisotopic (exact) mass is 326 g/mol. The van der Waals surface area contributed by atoms with Gasteiger partial charge in [-0.3, -0.25) is 4.79 Å². The molecule has 0 aliphatic rings. The third kappa shape index (κ3) is 4.54. The summed E-state index contributed by atoms with van der Waals surface area (Å²) in [5.41, 5.74) is 1.07. The lowest BCUT2D eigenvalue weighted by Gasteiger charge is -2.15. The molecule has 5 nitrogen and oxygen atoms in total. The van der Waals surface area contributed by atoms with Gasteiger partial charge in [0.1, 0.15) is 5.75 Å². The molecule has 0 aromatic heterocycles. The highest BCUT2D eigenvalue weighted by molar-refractivity contribution is 6.10. The van der Waals surface area contributed by atoms with E-state index in [9.17, 15) is 14.7 Å². The maximum absolute atomic E-state index is 12.5. The molecule has 0 heterocycles. The number of benzene rings is 2. The molecular formula is C19H18O5. The molecule has 1 N–H and O–H groups in total. The van der Waals surface area contributed by atoms with Crippen molar-refractivity contribution < 1.29 is 24.2 Å². The molecule has 0 bridgehead atoms. The minimum Gasteiger partial charge on any atom is -0.486 e. The van der Waals surface area contributed by atoms with E-state index in [0.29, 0.717) is 16.9 Å². The lowest BCUT2D eigenvalue weighted by molar-refractivity contribution is -0.167. The van der Waals surface area contributed by atoms with Crippen LogP contribution in [0.2, 0.25) is 0 Å². The number of hydrogen-bond donors (Lipinski definition) is 1. The highest BCUT2D eigenvalue weighted by atomic mass is 16.7. The molecule has 2 rings (SSSR count). The van der Waals surface area contributed by atoms with E-state index >= 15 is 0 Å². The van der Waals surface area contributed by atoms with Crippen molar-refractivity contribution in [2.45, 2.75) is 13.2 Å². The minimum absolute atomic E-state index is 0.175. The third-order valence-electron chi connectivity index (χ3n) is 3.14. The summed E-state index contributed by atoms with van der Waals surface area (Å²) in [6, 6.07) is 15.5. The van der Waals surface area contributed by atoms with Crippen LogP contribution in [0.4, 0.5) is 0 Å². The van der Waals surface area contributed by atoms with Gasteiger partial charge in [-0.1, -0.05) is 49.0 Å². The predicted molar refractivity (Wildman–Crippen MR) is 88.7 cm³/mol. The van der Waals surface area contributed by atoms with Crippen LogP contribution in [0.25, 0.3) is 0 Å². The first-order valence-electron chi connectivity index (χ1n) is 7.35. The Balaban J connectivity index is 2.08. The van der Waals surface area contributed by atoms with Gasteiger partial charge in [-0.2, -0.15) is 0 Å². The van der Waals surface area contributed by atoms with E-state index in [1.807, 2.05) is 6.07 Å². The SMILES string of the molecule is C=C(C)C(=O)OC(O)COc1ccccc1C(=O)c1ccccc1. The molecule has 2 aromatic carbocycles. The zero-order chi connectivity index (χ0) is 17.5. The molecular weight excluding hydrogens is 308 g/mol. The van der Waals surface area contributed by atoms with E-state index in [2.05, 4.69) is 6.58 Å². The number of rotatable bonds is 7. The molecule has 1 atom stereocenters. The molecule has 0 saturated heterocycles. The summed E-state index contributed by atoms with van der Waals surface area (Å²) in [6.45, 7) is 4.61. The Labute approximate surface area is 140 Å². The van der Waals surface area contributed by atoms with E-state index in [4.69, 9.17) is 9.47 Å². The van der Waals surface area contributed by atoms with Gasteiger partial charge in [0, 0.05) is 11.1 Å². The van der Waals surface area contributed by atoms with Gasteiger partial charge < -0.3 is 14.6 Å². The summed E-state index contributed by atoms with van der Waals surface area (Å²) in [7, 11) is 0. The fraction of sp³-hybridized carbons (Fsp3) is 0.158. The van der Waals surface area contributed by atoms with Gasteiger partial charge in [-0.15, -0.1) is 0 Å². The van der Waals surface area contributed by atoms with Crippen LogP contribution in [0.15, 0.2) is 66.7 Å². The summed E-state index contributed by atoms with van der Waals surface area (Å²) in [4.78, 5) is 23.9. The third-order valence-corrected chi connectivity index (χ3v) is 3.14. The molecule has 5 heteroatoms. The Kier molecular flexibility index (Phi) is 5.87. The number of carbonyl (C=O) groups excluding carboxylic acids is 2. The highest BCUT2D eigenvalue weighted by Gasteiger charge is 2.17. The minimum atomic E-state index is -1.45. The van der Waals surface area contributed by atoms with Crippen LogP contribution < -0.4 is 4.74 Å². The maximum Gasteiger partial charge on any atom is 0.335 e. The Bertz CT molecular complexity index is 736. The van der Waals surface area contributed by atoms with Crippen LogP contribution in [0.5, 0.6) is 5.75 Å². The topological polar surface area (TPSA) is 72.8 Å². The van der Waals surface area contributed by atoms with Crippen molar-refractivity contribution >= 4 is 11.8 Å². The van der Waals surface area contributed by atoms with Crippen LogP contribution in [-0.2, 0) is 9.53 Å². The zero-order valence-corrected chi connectivity index (χ0v) is 13.3. The van der Waals surface area contributed by atoms with Gasteiger partial charge in [0.15, 0.2) is 12.4 Å². The lowest BCUT2D eigenvalue weighted by atomic mass is 10.0. The molecule has 0 radical (unpaired) electrons. The molecule has 0 saturated carbocycles. The number of hydrogen-bond acceptors (Lipinski definition) is 5. The van der Waals surface area contributed by atoms with Crippen LogP contribution in [0.3, 0.4) is 0 Å². The van der Waals surface area contributed by atoms with Gasteiger partial charge in [-0.05, 0) is 19.1 Å². The van der Waals surface area contributed by atoms with Crippen molar-refractivity contribution in [1.82, 2.24) is 0 Å². The summed E-state index contributed by atoms with van der Waals surface area (Å²) in [5, 5.41) is 9.68. The van der Waals surface area contributed by atoms with Crippen LogP contribution >= 0.6 is 0 Å². The Morgan fingerprint density at radius 1 is 1.08 bits per heavy atom. The van der Waals surface area contributed by atoms with Crippen molar-refractivity contribution in [1.29, 1.82) is 0 Å². The number of ketones is 1. The number of aliphatic hydroxyl groups excluding tert-OH is 1. The second kappa shape index (κ2) is 8.08. The molecule has 0 amide bonds. The fourth-order valence-electron chi connectivity index (χ4n) is 1.94. The molecule has 24 heavy (non-hydrogen) atoms. The first-order chi connectivity index (χ1) is 11.5. The van der Waals surface area contributed by atoms with E-state index in [-0.39, 0.29) is 18.0 Å². The quantitative estimate of drug-likeness (QED) is 0.366. The van der Waals surface area contributed by atoms with Crippen molar-refractivity contribution in [3.05, 3.63) is 77.9 Å². The van der Waals surface area contributed by atoms with Gasteiger partial charge in [-0.25, -0.2) is 4.79 Å². The molecule has 0 aliphatic heterocycles.